The van der Waals surface area contributed by atoms with Crippen molar-refractivity contribution in [3.63, 3.8) is 0 Å². The highest BCUT2D eigenvalue weighted by atomic mass is 35.5. The Balaban J connectivity index is 1.09. The molecule has 0 radical (unpaired) electrons. The van der Waals surface area contributed by atoms with E-state index in [1.807, 2.05) is 18.2 Å². The van der Waals surface area contributed by atoms with Crippen LogP contribution in [0, 0.1) is 29.0 Å². The molecular weight excluding hydrogens is 567 g/mol. The van der Waals surface area contributed by atoms with Crippen LogP contribution in [-0.2, 0) is 4.79 Å². The van der Waals surface area contributed by atoms with Gasteiger partial charge in [-0.2, -0.15) is 0 Å². The van der Waals surface area contributed by atoms with Crippen LogP contribution in [0.1, 0.15) is 32.1 Å². The maximum absolute atomic E-state index is 13.7. The first-order valence-corrected chi connectivity index (χ1v) is 15.7. The molecule has 1 spiro atoms. The summed E-state index contributed by atoms with van der Waals surface area (Å²) in [5.74, 6) is 2.63. The lowest BCUT2D eigenvalue weighted by Crippen LogP contribution is -2.47. The van der Waals surface area contributed by atoms with Crippen LogP contribution < -0.4 is 15.4 Å². The Morgan fingerprint density at radius 1 is 1.16 bits per heavy atom. The Hall–Kier alpha value is -3.27. The topological polar surface area (TPSA) is 82.6 Å². The lowest BCUT2D eigenvalue weighted by Gasteiger charge is -2.51. The Morgan fingerprint density at radius 3 is 2.72 bits per heavy atom. The van der Waals surface area contributed by atoms with Gasteiger partial charge in [-0.1, -0.05) is 17.7 Å². The summed E-state index contributed by atoms with van der Waals surface area (Å²) in [6, 6.07) is 8.12. The van der Waals surface area contributed by atoms with Gasteiger partial charge in [0, 0.05) is 42.9 Å². The fraction of sp³-hybridized carbons (Fsp3) is 0.485. The highest BCUT2D eigenvalue weighted by Crippen LogP contribution is 2.52. The van der Waals surface area contributed by atoms with Crippen molar-refractivity contribution in [2.45, 2.75) is 32.1 Å². The number of ether oxygens (including phenoxy) is 1. The molecule has 0 bridgehead atoms. The first-order valence-electron chi connectivity index (χ1n) is 15.3. The molecule has 2 unspecified atom stereocenters. The first kappa shape index (κ1) is 28.5. The standard InChI is InChI=1S/C33H38ClFN6O2/c1-40-9-6-33(7-10-40)15-21(16-33)19-43-30-14-28-25(32(37-20-36-28)38-24-4-5-27(35)26(34)12-24)13-29(30)39-31(42)3-2-8-41-17-22-11-23(22)18-41/h2-5,12-14,20-23H,6-11,15-19H2,1H3,(H,39,42)(H,36,37,38). The van der Waals surface area contributed by atoms with Gasteiger partial charge in [0.2, 0.25) is 5.91 Å². The molecule has 2 aliphatic heterocycles. The van der Waals surface area contributed by atoms with Crippen LogP contribution in [0.2, 0.25) is 5.02 Å². The van der Waals surface area contributed by atoms with Crippen LogP contribution in [0.3, 0.4) is 0 Å². The smallest absolute Gasteiger partial charge is 0.248 e. The summed E-state index contributed by atoms with van der Waals surface area (Å²) in [5, 5.41) is 6.97. The molecule has 1 amide bonds. The molecule has 1 aromatic heterocycles. The van der Waals surface area contributed by atoms with E-state index in [2.05, 4.69) is 37.4 Å². The number of likely N-dealkylation sites (tertiary alicyclic amines) is 2. The molecular formula is C33H38ClFN6O2. The predicted octanol–water partition coefficient (Wildman–Crippen LogP) is 6.11. The average molecular weight is 605 g/mol. The summed E-state index contributed by atoms with van der Waals surface area (Å²) in [6.07, 6.45) is 11.3. The normalized spacial score (nSPS) is 23.4. The summed E-state index contributed by atoms with van der Waals surface area (Å²) in [4.78, 5) is 26.8. The van der Waals surface area contributed by atoms with Gasteiger partial charge in [-0.3, -0.25) is 9.69 Å². The van der Waals surface area contributed by atoms with Gasteiger partial charge in [0.05, 0.1) is 22.8 Å². The fourth-order valence-electron chi connectivity index (χ4n) is 7.23. The zero-order valence-corrected chi connectivity index (χ0v) is 25.2. The number of piperidine rings is 2. The summed E-state index contributed by atoms with van der Waals surface area (Å²) in [5.41, 5.74) is 2.29. The highest BCUT2D eigenvalue weighted by Gasteiger charge is 2.46. The van der Waals surface area contributed by atoms with E-state index in [0.717, 1.165) is 31.5 Å². The molecule has 10 heteroatoms. The Bertz CT molecular complexity index is 1540. The van der Waals surface area contributed by atoms with Gasteiger partial charge in [-0.05, 0) is 99.7 Å². The third kappa shape index (κ3) is 6.35. The van der Waals surface area contributed by atoms with Crippen molar-refractivity contribution >= 4 is 45.6 Å². The van der Waals surface area contributed by atoms with Gasteiger partial charge in [-0.25, -0.2) is 14.4 Å². The van der Waals surface area contributed by atoms with Crippen molar-refractivity contribution in [2.75, 3.05) is 57.0 Å². The number of fused-ring (bicyclic) bond motifs is 2. The number of nitrogens with one attached hydrogen (secondary N) is 2. The molecule has 4 fully saturated rings. The number of carbonyl (C=O) groups is 1. The summed E-state index contributed by atoms with van der Waals surface area (Å²) < 4.78 is 20.1. The van der Waals surface area contributed by atoms with Crippen molar-refractivity contribution in [3.8, 4) is 5.75 Å². The van der Waals surface area contributed by atoms with Crippen LogP contribution in [0.15, 0.2) is 48.8 Å². The third-order valence-electron chi connectivity index (χ3n) is 9.83. The quantitative estimate of drug-likeness (QED) is 0.285. The largest absolute Gasteiger partial charge is 0.491 e. The second-order valence-corrected chi connectivity index (χ2v) is 13.5. The number of anilines is 3. The van der Waals surface area contributed by atoms with Crippen LogP contribution >= 0.6 is 11.6 Å². The number of benzene rings is 2. The predicted molar refractivity (Wildman–Crippen MR) is 167 cm³/mol. The second kappa shape index (κ2) is 11.7. The monoisotopic (exact) mass is 604 g/mol. The maximum Gasteiger partial charge on any atom is 0.248 e. The zero-order valence-electron chi connectivity index (χ0n) is 24.5. The van der Waals surface area contributed by atoms with E-state index >= 15 is 0 Å². The van der Waals surface area contributed by atoms with E-state index < -0.39 is 5.82 Å². The number of hydrogen-bond donors (Lipinski definition) is 2. The van der Waals surface area contributed by atoms with Crippen LogP contribution in [0.4, 0.5) is 21.6 Å². The van der Waals surface area contributed by atoms with Crippen LogP contribution in [0.25, 0.3) is 10.9 Å². The number of halogens is 2. The van der Waals surface area contributed by atoms with Crippen molar-refractivity contribution in [2.24, 2.45) is 23.2 Å². The highest BCUT2D eigenvalue weighted by molar-refractivity contribution is 6.31. The molecule has 2 saturated heterocycles. The Morgan fingerprint density at radius 2 is 1.95 bits per heavy atom. The van der Waals surface area contributed by atoms with Crippen LogP contribution in [-0.4, -0.2) is 72.1 Å². The molecule has 3 aromatic rings. The second-order valence-electron chi connectivity index (χ2n) is 13.1. The van der Waals surface area contributed by atoms with E-state index in [-0.39, 0.29) is 10.9 Å². The Kier molecular flexibility index (Phi) is 7.74. The molecule has 2 aromatic carbocycles. The van der Waals surface area contributed by atoms with Gasteiger partial charge in [0.1, 0.15) is 23.7 Å². The van der Waals surface area contributed by atoms with Gasteiger partial charge in [0.15, 0.2) is 0 Å². The lowest BCUT2D eigenvalue weighted by atomic mass is 9.58. The number of amides is 1. The molecule has 7 rings (SSSR count). The minimum absolute atomic E-state index is 0.0165. The van der Waals surface area contributed by atoms with E-state index in [9.17, 15) is 9.18 Å². The average Bonchev–Trinajstić information content (AvgIpc) is 3.59. The molecule has 8 nitrogen and oxygen atoms in total. The number of aromatic nitrogens is 2. The van der Waals surface area contributed by atoms with Gasteiger partial charge >= 0.3 is 0 Å². The van der Waals surface area contributed by atoms with Gasteiger partial charge in [0.25, 0.3) is 0 Å². The van der Waals surface area contributed by atoms with E-state index in [4.69, 9.17) is 16.3 Å². The molecule has 43 heavy (non-hydrogen) atoms. The van der Waals surface area contributed by atoms with Crippen LogP contribution in [0.5, 0.6) is 5.75 Å². The van der Waals surface area contributed by atoms with Crippen molar-refractivity contribution < 1.29 is 13.9 Å². The van der Waals surface area contributed by atoms with E-state index in [0.29, 0.717) is 51.8 Å². The zero-order chi connectivity index (χ0) is 29.6. The van der Waals surface area contributed by atoms with E-state index in [1.54, 1.807) is 12.1 Å². The fourth-order valence-corrected chi connectivity index (χ4v) is 7.41. The number of rotatable bonds is 9. The molecule has 2 aliphatic carbocycles. The molecule has 226 valence electrons. The van der Waals surface area contributed by atoms with Crippen molar-refractivity contribution in [1.82, 2.24) is 19.8 Å². The summed E-state index contributed by atoms with van der Waals surface area (Å²) in [6.45, 7) is 5.98. The summed E-state index contributed by atoms with van der Waals surface area (Å²) >= 11 is 6.00. The third-order valence-corrected chi connectivity index (χ3v) is 10.1. The van der Waals surface area contributed by atoms with Gasteiger partial charge < -0.3 is 20.3 Å². The van der Waals surface area contributed by atoms with E-state index in [1.165, 1.54) is 63.7 Å². The lowest BCUT2D eigenvalue weighted by molar-refractivity contribution is -0.111. The molecule has 2 saturated carbocycles. The Labute approximate surface area is 256 Å². The molecule has 2 N–H and O–H groups in total. The van der Waals surface area contributed by atoms with Crippen molar-refractivity contribution in [3.05, 3.63) is 59.7 Å². The maximum atomic E-state index is 13.7. The van der Waals surface area contributed by atoms with Crippen molar-refractivity contribution in [1.29, 1.82) is 0 Å². The number of nitrogens with zero attached hydrogens (tertiary/aromatic N) is 4. The minimum Gasteiger partial charge on any atom is -0.491 e. The molecule has 4 aliphatic rings. The molecule has 2 atom stereocenters. The number of hydrogen-bond acceptors (Lipinski definition) is 7. The minimum atomic E-state index is -0.491. The SMILES string of the molecule is CN1CCC2(CC1)CC(COc1cc3ncnc(Nc4ccc(F)c(Cl)c4)c3cc1NC(=O)C=CCN1CC3CC3C1)C2. The summed E-state index contributed by atoms with van der Waals surface area (Å²) in [7, 11) is 2.20. The van der Waals surface area contributed by atoms with Gasteiger partial charge in [-0.15, -0.1) is 0 Å². The number of carbonyl (C=O) groups excluding carboxylic acids is 1. The molecule has 3 heterocycles. The first-order chi connectivity index (χ1) is 20.8.